The molecule has 1 amide bonds. The van der Waals surface area contributed by atoms with Crippen LogP contribution in [0.4, 0.5) is 0 Å². The van der Waals surface area contributed by atoms with E-state index in [1.54, 1.807) is 12.1 Å². The molecule has 4 rings (SSSR count). The van der Waals surface area contributed by atoms with E-state index in [9.17, 15) is 13.2 Å². The van der Waals surface area contributed by atoms with Crippen LogP contribution < -0.4 is 0 Å². The SMILES string of the molecule is CC(C)CN(CCC(=O)N1CCN(C(c2ccccc2)c2ccccc2)CC1)S(=O)(=O)c1ccc(Cl)cc1. The lowest BCUT2D eigenvalue weighted by molar-refractivity contribution is -0.133. The van der Waals surface area contributed by atoms with E-state index in [1.807, 2.05) is 30.9 Å². The molecular weight excluding hydrogens is 518 g/mol. The van der Waals surface area contributed by atoms with Crippen LogP contribution in [0.3, 0.4) is 0 Å². The molecule has 0 aliphatic carbocycles. The largest absolute Gasteiger partial charge is 0.340 e. The number of benzene rings is 3. The Balaban J connectivity index is 1.40. The molecule has 0 radical (unpaired) electrons. The van der Waals surface area contributed by atoms with Crippen molar-refractivity contribution in [2.75, 3.05) is 39.3 Å². The highest BCUT2D eigenvalue weighted by Gasteiger charge is 2.30. The molecule has 202 valence electrons. The minimum Gasteiger partial charge on any atom is -0.340 e. The Hall–Kier alpha value is -2.71. The number of piperazine rings is 1. The number of rotatable bonds is 10. The standard InChI is InChI=1S/C30H36ClN3O3S/c1-24(2)23-34(38(36,37)28-15-13-27(31)14-16-28)18-17-29(35)32-19-21-33(22-20-32)30(25-9-5-3-6-10-25)26-11-7-4-8-12-26/h3-16,24,30H,17-23H2,1-2H3. The molecule has 38 heavy (non-hydrogen) atoms. The van der Waals surface area contributed by atoms with Crippen molar-refractivity contribution in [3.8, 4) is 0 Å². The predicted octanol–water partition coefficient (Wildman–Crippen LogP) is 5.31. The number of carbonyl (C=O) groups is 1. The van der Waals surface area contributed by atoms with Crippen molar-refractivity contribution in [2.45, 2.75) is 31.2 Å². The van der Waals surface area contributed by atoms with Gasteiger partial charge >= 0.3 is 0 Å². The summed E-state index contributed by atoms with van der Waals surface area (Å²) in [6.07, 6.45) is 0.153. The monoisotopic (exact) mass is 553 g/mol. The summed E-state index contributed by atoms with van der Waals surface area (Å²) in [7, 11) is -3.72. The average molecular weight is 554 g/mol. The van der Waals surface area contributed by atoms with Crippen LogP contribution >= 0.6 is 11.6 Å². The zero-order valence-electron chi connectivity index (χ0n) is 22.0. The van der Waals surface area contributed by atoms with Crippen LogP contribution in [-0.2, 0) is 14.8 Å². The smallest absolute Gasteiger partial charge is 0.243 e. The molecule has 1 fully saturated rings. The molecule has 0 unspecified atom stereocenters. The van der Waals surface area contributed by atoms with Gasteiger partial charge in [0, 0.05) is 50.7 Å². The van der Waals surface area contributed by atoms with Crippen molar-refractivity contribution in [2.24, 2.45) is 5.92 Å². The van der Waals surface area contributed by atoms with Crippen molar-refractivity contribution < 1.29 is 13.2 Å². The quantitative estimate of drug-likeness (QED) is 0.341. The van der Waals surface area contributed by atoms with Crippen molar-refractivity contribution in [1.82, 2.24) is 14.1 Å². The highest BCUT2D eigenvalue weighted by atomic mass is 35.5. The van der Waals surface area contributed by atoms with Gasteiger partial charge in [-0.1, -0.05) is 86.1 Å². The van der Waals surface area contributed by atoms with Gasteiger partial charge in [-0.3, -0.25) is 9.69 Å². The molecule has 3 aromatic rings. The van der Waals surface area contributed by atoms with E-state index in [4.69, 9.17) is 11.6 Å². The van der Waals surface area contributed by atoms with Crippen LogP contribution in [0.5, 0.6) is 0 Å². The summed E-state index contributed by atoms with van der Waals surface area (Å²) >= 11 is 5.95. The van der Waals surface area contributed by atoms with E-state index >= 15 is 0 Å². The fraction of sp³-hybridized carbons (Fsp3) is 0.367. The molecule has 0 N–H and O–H groups in total. The van der Waals surface area contributed by atoms with E-state index in [0.717, 1.165) is 13.1 Å². The van der Waals surface area contributed by atoms with E-state index < -0.39 is 10.0 Å². The molecule has 1 heterocycles. The van der Waals surface area contributed by atoms with Gasteiger partial charge in [-0.15, -0.1) is 0 Å². The predicted molar refractivity (Wildman–Crippen MR) is 153 cm³/mol. The number of sulfonamides is 1. The second-order valence-electron chi connectivity index (χ2n) is 10.1. The zero-order valence-corrected chi connectivity index (χ0v) is 23.6. The lowest BCUT2D eigenvalue weighted by Gasteiger charge is -2.40. The first-order chi connectivity index (χ1) is 18.3. The van der Waals surface area contributed by atoms with Gasteiger partial charge in [0.1, 0.15) is 0 Å². The molecule has 3 aromatic carbocycles. The number of carbonyl (C=O) groups excluding carboxylic acids is 1. The lowest BCUT2D eigenvalue weighted by Crippen LogP contribution is -2.50. The molecule has 8 heteroatoms. The molecule has 1 aliphatic rings. The van der Waals surface area contributed by atoms with Crippen LogP contribution in [-0.4, -0.2) is 67.7 Å². The fourth-order valence-corrected chi connectivity index (χ4v) is 6.70. The summed E-state index contributed by atoms with van der Waals surface area (Å²) in [5.74, 6) is 0.115. The Kier molecular flexibility index (Phi) is 9.60. The third-order valence-corrected chi connectivity index (χ3v) is 8.99. The van der Waals surface area contributed by atoms with Gasteiger partial charge in [0.25, 0.3) is 0 Å². The van der Waals surface area contributed by atoms with Gasteiger partial charge in [0.05, 0.1) is 10.9 Å². The van der Waals surface area contributed by atoms with Gasteiger partial charge < -0.3 is 4.90 Å². The number of hydrogen-bond acceptors (Lipinski definition) is 4. The van der Waals surface area contributed by atoms with E-state index in [2.05, 4.69) is 53.4 Å². The van der Waals surface area contributed by atoms with Crippen molar-refractivity contribution >= 4 is 27.5 Å². The molecular formula is C30H36ClN3O3S. The molecule has 0 saturated carbocycles. The summed E-state index contributed by atoms with van der Waals surface area (Å²) in [6.45, 7) is 7.17. The topological polar surface area (TPSA) is 60.9 Å². The summed E-state index contributed by atoms with van der Waals surface area (Å²) in [5, 5.41) is 0.482. The second-order valence-corrected chi connectivity index (χ2v) is 12.5. The Bertz CT molecular complexity index is 1240. The van der Waals surface area contributed by atoms with Crippen LogP contribution in [0.1, 0.15) is 37.4 Å². The van der Waals surface area contributed by atoms with Crippen molar-refractivity contribution in [3.05, 3.63) is 101 Å². The highest BCUT2D eigenvalue weighted by Crippen LogP contribution is 2.29. The molecule has 1 aliphatic heterocycles. The molecule has 1 saturated heterocycles. The summed E-state index contributed by atoms with van der Waals surface area (Å²) in [6, 6.07) is 27.2. The van der Waals surface area contributed by atoms with Crippen LogP contribution in [0.2, 0.25) is 5.02 Å². The minimum absolute atomic E-state index is 0.0133. The first-order valence-corrected chi connectivity index (χ1v) is 14.9. The molecule has 6 nitrogen and oxygen atoms in total. The average Bonchev–Trinajstić information content (AvgIpc) is 2.92. The Morgan fingerprint density at radius 1 is 0.842 bits per heavy atom. The zero-order chi connectivity index (χ0) is 27.1. The van der Waals surface area contributed by atoms with Crippen LogP contribution in [0.15, 0.2) is 89.8 Å². The number of hydrogen-bond donors (Lipinski definition) is 0. The third kappa shape index (κ3) is 7.03. The maximum Gasteiger partial charge on any atom is 0.243 e. The van der Waals surface area contributed by atoms with Gasteiger partial charge in [-0.25, -0.2) is 8.42 Å². The lowest BCUT2D eigenvalue weighted by atomic mass is 9.96. The van der Waals surface area contributed by atoms with Gasteiger partial charge in [-0.2, -0.15) is 4.31 Å². The first kappa shape index (κ1) is 28.3. The molecule has 0 spiro atoms. The van der Waals surface area contributed by atoms with Gasteiger partial charge in [0.2, 0.25) is 15.9 Å². The van der Waals surface area contributed by atoms with Gasteiger partial charge in [0.15, 0.2) is 0 Å². The maximum absolute atomic E-state index is 13.3. The summed E-state index contributed by atoms with van der Waals surface area (Å²) < 4.78 is 28.0. The summed E-state index contributed by atoms with van der Waals surface area (Å²) in [4.78, 5) is 17.7. The maximum atomic E-state index is 13.3. The Labute approximate surface area is 231 Å². The Morgan fingerprint density at radius 2 is 1.37 bits per heavy atom. The van der Waals surface area contributed by atoms with E-state index in [1.165, 1.54) is 27.6 Å². The minimum atomic E-state index is -3.72. The molecule has 0 atom stereocenters. The Morgan fingerprint density at radius 3 is 1.87 bits per heavy atom. The number of halogens is 1. The fourth-order valence-electron chi connectivity index (χ4n) is 4.97. The third-order valence-electron chi connectivity index (χ3n) is 6.86. The molecule has 0 aromatic heterocycles. The van der Waals surface area contributed by atoms with Gasteiger partial charge in [-0.05, 0) is 41.3 Å². The normalized spacial score (nSPS) is 14.9. The van der Waals surface area contributed by atoms with Crippen molar-refractivity contribution in [1.29, 1.82) is 0 Å². The van der Waals surface area contributed by atoms with Crippen LogP contribution in [0, 0.1) is 5.92 Å². The highest BCUT2D eigenvalue weighted by molar-refractivity contribution is 7.89. The van der Waals surface area contributed by atoms with Crippen LogP contribution in [0.25, 0.3) is 0 Å². The van der Waals surface area contributed by atoms with E-state index in [0.29, 0.717) is 24.7 Å². The second kappa shape index (κ2) is 12.9. The first-order valence-electron chi connectivity index (χ1n) is 13.1. The summed E-state index contributed by atoms with van der Waals surface area (Å²) in [5.41, 5.74) is 2.46. The van der Waals surface area contributed by atoms with E-state index in [-0.39, 0.29) is 35.7 Å². The number of amides is 1. The van der Waals surface area contributed by atoms with Crippen molar-refractivity contribution in [3.63, 3.8) is 0 Å². The number of nitrogens with zero attached hydrogens (tertiary/aromatic N) is 3. The molecule has 0 bridgehead atoms.